The van der Waals surface area contributed by atoms with Gasteiger partial charge in [-0.25, -0.2) is 0 Å². The van der Waals surface area contributed by atoms with Gasteiger partial charge in [0.05, 0.1) is 6.61 Å². The minimum Gasteiger partial charge on any atom is -1.00 e. The zero-order chi connectivity index (χ0) is 39.2. The van der Waals surface area contributed by atoms with Crippen LogP contribution >= 0.6 is 34.8 Å². The number of carbonyl (C=O) groups excluding carboxylic acids is 1. The third kappa shape index (κ3) is 70.9. The summed E-state index contributed by atoms with van der Waals surface area (Å²) < 4.78 is 14.8. The number of ketones is 1. The van der Waals surface area contributed by atoms with Gasteiger partial charge in [0.25, 0.3) is 0 Å². The van der Waals surface area contributed by atoms with Crippen molar-refractivity contribution in [3.8, 4) is 35.5 Å². The topological polar surface area (TPSA) is 85.2 Å². The summed E-state index contributed by atoms with van der Waals surface area (Å²) in [5.41, 5.74) is 0.483. The molecule has 2 N–H and O–H groups in total. The smallest absolute Gasteiger partial charge is 1.00 e. The molecular weight excluding hydrogens is 964 g/mol. The van der Waals surface area contributed by atoms with E-state index in [1.165, 1.54) is 38.5 Å². The second kappa shape index (κ2) is 64.6. The SMILES string of the molecule is C.C1CCOC1.C1CCOC1.C=CCBr.C=CCC(O)C#CC.C=CCOCC#CC.CC#CCO.CC12CC(=O)CC1C2.[CH2-]CCC.[Cl][Pt][Cl].[H-].[Li+].[Na+]. The van der Waals surface area contributed by atoms with Crippen molar-refractivity contribution in [2.75, 3.05) is 51.6 Å². The molecule has 4 fully saturated rings. The summed E-state index contributed by atoms with van der Waals surface area (Å²) in [5.74, 6) is 16.9. The molecule has 2 saturated carbocycles. The second-order valence-electron chi connectivity index (χ2n) is 10.7. The molecule has 0 bridgehead atoms. The summed E-state index contributed by atoms with van der Waals surface area (Å²) in [6.07, 6.45) is 15.7. The molecule has 4 rings (SSSR count). The third-order valence-corrected chi connectivity index (χ3v) is 6.73. The Morgan fingerprint density at radius 1 is 1.04 bits per heavy atom. The molecule has 12 heteroatoms. The van der Waals surface area contributed by atoms with Crippen LogP contribution in [0.15, 0.2) is 38.0 Å². The number of halogens is 3. The van der Waals surface area contributed by atoms with Crippen molar-refractivity contribution in [1.29, 1.82) is 0 Å². The van der Waals surface area contributed by atoms with Crippen molar-refractivity contribution in [2.45, 2.75) is 112 Å². The summed E-state index contributed by atoms with van der Waals surface area (Å²) >= 11 is 2.66. The predicted octanol–water partition coefficient (Wildman–Crippen LogP) is 4.45. The fourth-order valence-corrected chi connectivity index (χ4v) is 3.58. The van der Waals surface area contributed by atoms with E-state index < -0.39 is 22.6 Å². The van der Waals surface area contributed by atoms with Crippen molar-refractivity contribution in [2.24, 2.45) is 11.3 Å². The minimum absolute atomic E-state index is 0. The minimum atomic E-state index is -0.516. The molecule has 2 saturated heterocycles. The normalized spacial score (nSPS) is 17.0. The average molecular weight is 1040 g/mol. The standard InChI is InChI=1S/3C7H10O.2C4H8O.C4H6O.C4H9.C3H5Br.CH4.2ClH.Li.Na.Pt.H/c1-7-3-5(7)2-6(8)4-7;1-3-5-7-8-6-4-2;1-3-5-7(8)6-4-2;2*1-2-4-5-3-1;1-2-3-4-5;1-3-4-2;1-2-3-4;;;;;;;/h5H,2-4H2,1H3;4H,2,6-7H2,1H3;3,7-8H,1,5H2,2H3;2*1-4H2;5H,4H2,1H3;1,3-4H2,2H3;2H,1,3H2;1H4;2*1H;;;;/q;;;;;;-1;;;;;2*+1;+2;-1/p-2. The van der Waals surface area contributed by atoms with Crippen molar-refractivity contribution in [3.63, 3.8) is 0 Å². The maximum atomic E-state index is 10.7. The molecule has 53 heavy (non-hydrogen) atoms. The van der Waals surface area contributed by atoms with E-state index in [0.29, 0.717) is 30.8 Å². The number of Topliss-reactive ketones (excluding diaryl/α,β-unsaturated/α-hetero) is 1. The van der Waals surface area contributed by atoms with Crippen molar-refractivity contribution in [1.82, 2.24) is 0 Å². The van der Waals surface area contributed by atoms with Gasteiger partial charge in [-0.05, 0) is 64.2 Å². The molecule has 2 aliphatic carbocycles. The van der Waals surface area contributed by atoms with Crippen LogP contribution in [0.5, 0.6) is 0 Å². The maximum Gasteiger partial charge on any atom is 1.00 e. The Kier molecular flexibility index (Phi) is 87.1. The summed E-state index contributed by atoms with van der Waals surface area (Å²) in [4.78, 5) is 10.7. The zero-order valence-corrected chi connectivity index (χ0v) is 40.8. The van der Waals surface area contributed by atoms with Gasteiger partial charge in [-0.15, -0.1) is 37.5 Å². The van der Waals surface area contributed by atoms with Gasteiger partial charge < -0.3 is 32.8 Å². The molecule has 2 aliphatic heterocycles. The molecular formula is C41H71BrCl2LiNaO6Pt. The van der Waals surface area contributed by atoms with Crippen LogP contribution in [-0.4, -0.2) is 73.7 Å². The van der Waals surface area contributed by atoms with Crippen LogP contribution in [0.2, 0.25) is 0 Å². The molecule has 4 aliphatic rings. The van der Waals surface area contributed by atoms with Crippen LogP contribution in [0.3, 0.4) is 0 Å². The van der Waals surface area contributed by atoms with E-state index in [-0.39, 0.29) is 63.9 Å². The fraction of sp³-hybridized carbons (Fsp3) is 0.659. The Balaban J connectivity index is -0.0000000607. The van der Waals surface area contributed by atoms with Gasteiger partial charge in [0.15, 0.2) is 0 Å². The molecule has 3 unspecified atom stereocenters. The number of fused-ring (bicyclic) bond motifs is 1. The van der Waals surface area contributed by atoms with Crippen LogP contribution < -0.4 is 48.4 Å². The number of allylic oxidation sites excluding steroid dienone is 1. The summed E-state index contributed by atoms with van der Waals surface area (Å²) in [6.45, 7) is 28.6. The van der Waals surface area contributed by atoms with Gasteiger partial charge in [-0.1, -0.05) is 79.6 Å². The van der Waals surface area contributed by atoms with Crippen molar-refractivity contribution < 1.29 is 95.5 Å². The molecule has 0 radical (unpaired) electrons. The Hall–Kier alpha value is 0.716. The van der Waals surface area contributed by atoms with Gasteiger partial charge in [0.1, 0.15) is 25.1 Å². The molecule has 0 spiro atoms. The molecule has 0 aromatic rings. The van der Waals surface area contributed by atoms with E-state index in [1.807, 2.05) is 0 Å². The number of ether oxygens (including phenoxy) is 3. The van der Waals surface area contributed by atoms with E-state index in [0.717, 1.165) is 56.9 Å². The molecule has 6 nitrogen and oxygen atoms in total. The quantitative estimate of drug-likeness (QED) is 0.0981. The summed E-state index contributed by atoms with van der Waals surface area (Å²) in [6, 6.07) is 0. The van der Waals surface area contributed by atoms with E-state index in [4.69, 9.17) is 43.3 Å². The van der Waals surface area contributed by atoms with Crippen LogP contribution in [0.1, 0.15) is 108 Å². The molecule has 304 valence electrons. The number of aliphatic hydroxyl groups excluding tert-OH is 2. The maximum absolute atomic E-state index is 10.7. The first-order chi connectivity index (χ1) is 24.1. The number of unbranched alkanes of at least 4 members (excludes halogenated alkanes) is 1. The first-order valence-corrected chi connectivity index (χ1v) is 23.6. The Labute approximate surface area is 388 Å². The third-order valence-electron chi connectivity index (χ3n) is 6.27. The zero-order valence-electron chi connectivity index (χ0n) is 34.4. The van der Waals surface area contributed by atoms with Crippen molar-refractivity contribution >= 4 is 40.5 Å². The van der Waals surface area contributed by atoms with Gasteiger partial charge in [-0.2, -0.15) is 6.42 Å². The molecule has 0 aromatic heterocycles. The molecule has 0 amide bonds. The first kappa shape index (κ1) is 71.4. The van der Waals surface area contributed by atoms with Crippen LogP contribution in [0.4, 0.5) is 0 Å². The predicted molar refractivity (Wildman–Crippen MR) is 224 cm³/mol. The molecule has 0 aromatic carbocycles. The largest absolute Gasteiger partial charge is 1.00 e. The Morgan fingerprint density at radius 3 is 1.68 bits per heavy atom. The van der Waals surface area contributed by atoms with Gasteiger partial charge in [0, 0.05) is 51.0 Å². The molecule has 3 atom stereocenters. The molecule has 2 heterocycles. The Morgan fingerprint density at radius 2 is 1.49 bits per heavy atom. The fourth-order valence-electron chi connectivity index (χ4n) is 3.58. The number of hydrogen-bond acceptors (Lipinski definition) is 6. The second-order valence-corrected chi connectivity index (χ2v) is 14.6. The number of hydrogen-bond donors (Lipinski definition) is 2. The summed E-state index contributed by atoms with van der Waals surface area (Å²) in [7, 11) is 9.75. The monoisotopic (exact) mass is 1030 g/mol. The number of rotatable bonds is 7. The Bertz CT molecular complexity index is 935. The van der Waals surface area contributed by atoms with E-state index in [2.05, 4.69) is 92.0 Å². The van der Waals surface area contributed by atoms with Gasteiger partial charge in [0.2, 0.25) is 0 Å². The first-order valence-electron chi connectivity index (χ1n) is 16.8. The van der Waals surface area contributed by atoms with Crippen LogP contribution in [-0.2, 0) is 35.5 Å². The van der Waals surface area contributed by atoms with Crippen LogP contribution in [0.25, 0.3) is 0 Å². The van der Waals surface area contributed by atoms with E-state index in [1.54, 1.807) is 39.0 Å². The van der Waals surface area contributed by atoms with Gasteiger partial charge >= 0.3 is 83.7 Å². The number of carbonyl (C=O) groups is 1. The number of aliphatic hydroxyl groups is 2. The van der Waals surface area contributed by atoms with E-state index >= 15 is 0 Å². The number of alkyl halides is 1. The van der Waals surface area contributed by atoms with E-state index in [9.17, 15) is 4.79 Å². The van der Waals surface area contributed by atoms with Crippen LogP contribution in [0, 0.1) is 53.8 Å². The average Bonchev–Trinajstić information content (AvgIpc) is 3.72. The van der Waals surface area contributed by atoms with Gasteiger partial charge in [-0.3, -0.25) is 4.79 Å². The summed E-state index contributed by atoms with van der Waals surface area (Å²) in [5, 5.41) is 17.6. The van der Waals surface area contributed by atoms with Crippen molar-refractivity contribution in [3.05, 3.63) is 44.9 Å².